The zero-order valence-electron chi connectivity index (χ0n) is 12.0. The van der Waals surface area contributed by atoms with Crippen molar-refractivity contribution in [3.8, 4) is 0 Å². The van der Waals surface area contributed by atoms with Crippen LogP contribution in [0, 0.1) is 19.8 Å². The van der Waals surface area contributed by atoms with Crippen LogP contribution >= 0.6 is 0 Å². The first-order valence-electron chi connectivity index (χ1n) is 6.84. The van der Waals surface area contributed by atoms with Crippen molar-refractivity contribution in [2.75, 3.05) is 0 Å². The second kappa shape index (κ2) is 6.20. The third-order valence-electron chi connectivity index (χ3n) is 3.83. The lowest BCUT2D eigenvalue weighted by Crippen LogP contribution is -2.14. The fourth-order valence-corrected chi connectivity index (χ4v) is 2.42. The van der Waals surface area contributed by atoms with Crippen LogP contribution in [0.2, 0.25) is 0 Å². The van der Waals surface area contributed by atoms with Crippen molar-refractivity contribution >= 4 is 0 Å². The van der Waals surface area contributed by atoms with Crippen LogP contribution in [-0.2, 0) is 6.54 Å². The van der Waals surface area contributed by atoms with Gasteiger partial charge in [-0.2, -0.15) is 5.10 Å². The number of aryl methyl sites for hydroxylation is 1. The molecular weight excluding hydrogens is 210 g/mol. The van der Waals surface area contributed by atoms with Gasteiger partial charge >= 0.3 is 0 Å². The molecule has 0 bridgehead atoms. The summed E-state index contributed by atoms with van der Waals surface area (Å²) in [6.07, 6.45) is 3.40. The van der Waals surface area contributed by atoms with Gasteiger partial charge in [0.2, 0.25) is 0 Å². The quantitative estimate of drug-likeness (QED) is 0.824. The summed E-state index contributed by atoms with van der Waals surface area (Å²) in [7, 11) is 0. The number of rotatable bonds is 6. The molecule has 1 unspecified atom stereocenters. The van der Waals surface area contributed by atoms with Crippen molar-refractivity contribution in [1.29, 1.82) is 0 Å². The van der Waals surface area contributed by atoms with Gasteiger partial charge in [-0.3, -0.25) is 4.68 Å². The van der Waals surface area contributed by atoms with E-state index in [1.165, 1.54) is 24.1 Å². The molecule has 0 saturated heterocycles. The minimum absolute atomic E-state index is 0.130. The maximum absolute atomic E-state index is 6.15. The first-order valence-corrected chi connectivity index (χ1v) is 6.84. The van der Waals surface area contributed by atoms with Gasteiger partial charge < -0.3 is 5.73 Å². The van der Waals surface area contributed by atoms with Gasteiger partial charge in [0, 0.05) is 23.8 Å². The molecule has 3 heteroatoms. The standard InChI is InChI=1S/C14H27N3/c1-6-12(7-2)9-17-11(5)14(10(4)16-17)13(15)8-3/h12-13H,6-9,15H2,1-5H3. The molecule has 0 aliphatic heterocycles. The molecule has 0 radical (unpaired) electrons. The molecule has 17 heavy (non-hydrogen) atoms. The molecule has 0 aliphatic carbocycles. The highest BCUT2D eigenvalue weighted by Crippen LogP contribution is 2.23. The summed E-state index contributed by atoms with van der Waals surface area (Å²) in [5.41, 5.74) is 9.75. The zero-order valence-corrected chi connectivity index (χ0v) is 12.0. The van der Waals surface area contributed by atoms with Gasteiger partial charge in [-0.05, 0) is 26.2 Å². The molecule has 0 saturated carbocycles. The monoisotopic (exact) mass is 237 g/mol. The van der Waals surface area contributed by atoms with Gasteiger partial charge in [0.1, 0.15) is 0 Å². The van der Waals surface area contributed by atoms with Crippen molar-refractivity contribution in [3.63, 3.8) is 0 Å². The van der Waals surface area contributed by atoms with E-state index in [1.807, 2.05) is 0 Å². The van der Waals surface area contributed by atoms with Gasteiger partial charge in [-0.1, -0.05) is 33.6 Å². The molecule has 3 nitrogen and oxygen atoms in total. The van der Waals surface area contributed by atoms with Crippen molar-refractivity contribution in [2.24, 2.45) is 11.7 Å². The number of hydrogen-bond donors (Lipinski definition) is 1. The predicted molar refractivity (Wildman–Crippen MR) is 73.0 cm³/mol. The van der Waals surface area contributed by atoms with Gasteiger partial charge in [0.05, 0.1) is 5.69 Å². The summed E-state index contributed by atoms with van der Waals surface area (Å²) >= 11 is 0. The molecule has 98 valence electrons. The molecule has 1 rings (SSSR count). The Balaban J connectivity index is 2.95. The molecule has 0 amide bonds. The summed E-state index contributed by atoms with van der Waals surface area (Å²) in [5, 5.41) is 4.65. The number of nitrogens with two attached hydrogens (primary N) is 1. The molecule has 0 fully saturated rings. The SMILES string of the molecule is CCC(CC)Cn1nc(C)c(C(N)CC)c1C. The van der Waals surface area contributed by atoms with Crippen molar-refractivity contribution in [1.82, 2.24) is 9.78 Å². The van der Waals surface area contributed by atoms with E-state index in [2.05, 4.69) is 44.4 Å². The Morgan fingerprint density at radius 1 is 1.12 bits per heavy atom. The van der Waals surface area contributed by atoms with Crippen molar-refractivity contribution in [2.45, 2.75) is 66.5 Å². The van der Waals surface area contributed by atoms with Crippen LogP contribution in [0.4, 0.5) is 0 Å². The molecule has 1 aromatic heterocycles. The van der Waals surface area contributed by atoms with Crippen LogP contribution in [0.5, 0.6) is 0 Å². The maximum Gasteiger partial charge on any atom is 0.0644 e. The van der Waals surface area contributed by atoms with E-state index in [-0.39, 0.29) is 6.04 Å². The lowest BCUT2D eigenvalue weighted by molar-refractivity contribution is 0.390. The second-order valence-corrected chi connectivity index (χ2v) is 4.96. The Hall–Kier alpha value is -0.830. The maximum atomic E-state index is 6.15. The van der Waals surface area contributed by atoms with Gasteiger partial charge in [-0.15, -0.1) is 0 Å². The largest absolute Gasteiger partial charge is 0.324 e. The molecule has 0 aliphatic rings. The average molecular weight is 237 g/mol. The highest BCUT2D eigenvalue weighted by atomic mass is 15.3. The Morgan fingerprint density at radius 3 is 2.18 bits per heavy atom. The van der Waals surface area contributed by atoms with E-state index in [0.29, 0.717) is 0 Å². The molecule has 1 aromatic rings. The van der Waals surface area contributed by atoms with Crippen LogP contribution in [0.1, 0.15) is 63.0 Å². The highest BCUT2D eigenvalue weighted by molar-refractivity contribution is 5.27. The van der Waals surface area contributed by atoms with E-state index in [0.717, 1.165) is 24.6 Å². The Bertz CT molecular complexity index is 351. The van der Waals surface area contributed by atoms with Gasteiger partial charge in [0.25, 0.3) is 0 Å². The van der Waals surface area contributed by atoms with Crippen LogP contribution in [-0.4, -0.2) is 9.78 Å². The van der Waals surface area contributed by atoms with Gasteiger partial charge in [-0.25, -0.2) is 0 Å². The van der Waals surface area contributed by atoms with E-state index in [4.69, 9.17) is 5.73 Å². The molecule has 0 spiro atoms. The van der Waals surface area contributed by atoms with Crippen LogP contribution in [0.25, 0.3) is 0 Å². The fraction of sp³-hybridized carbons (Fsp3) is 0.786. The summed E-state index contributed by atoms with van der Waals surface area (Å²) in [5.74, 6) is 0.721. The van der Waals surface area contributed by atoms with E-state index in [9.17, 15) is 0 Å². The average Bonchev–Trinajstić information content (AvgIpc) is 2.60. The van der Waals surface area contributed by atoms with Crippen molar-refractivity contribution < 1.29 is 0 Å². The number of hydrogen-bond acceptors (Lipinski definition) is 2. The predicted octanol–water partition coefficient (Wildman–Crippen LogP) is 3.35. The van der Waals surface area contributed by atoms with E-state index in [1.54, 1.807) is 0 Å². The van der Waals surface area contributed by atoms with Crippen LogP contribution in [0.3, 0.4) is 0 Å². The highest BCUT2D eigenvalue weighted by Gasteiger charge is 2.17. The fourth-order valence-electron chi connectivity index (χ4n) is 2.42. The first-order chi connectivity index (χ1) is 8.04. The zero-order chi connectivity index (χ0) is 13.0. The molecule has 1 heterocycles. The minimum atomic E-state index is 0.130. The Labute approximate surface area is 105 Å². The third kappa shape index (κ3) is 3.09. The van der Waals surface area contributed by atoms with Crippen molar-refractivity contribution in [3.05, 3.63) is 17.0 Å². The lowest BCUT2D eigenvalue weighted by atomic mass is 10.0. The second-order valence-electron chi connectivity index (χ2n) is 4.96. The smallest absolute Gasteiger partial charge is 0.0644 e. The molecular formula is C14H27N3. The number of aromatic nitrogens is 2. The molecule has 0 aromatic carbocycles. The topological polar surface area (TPSA) is 43.8 Å². The minimum Gasteiger partial charge on any atom is -0.324 e. The normalized spacial score (nSPS) is 13.4. The summed E-state index contributed by atoms with van der Waals surface area (Å²) in [4.78, 5) is 0. The number of nitrogens with zero attached hydrogens (tertiary/aromatic N) is 2. The Kier molecular flexibility index (Phi) is 5.19. The van der Waals surface area contributed by atoms with E-state index >= 15 is 0 Å². The Morgan fingerprint density at radius 2 is 1.71 bits per heavy atom. The molecule has 2 N–H and O–H groups in total. The first kappa shape index (κ1) is 14.2. The molecule has 1 atom stereocenters. The van der Waals surface area contributed by atoms with Crippen LogP contribution < -0.4 is 5.73 Å². The summed E-state index contributed by atoms with van der Waals surface area (Å²) < 4.78 is 2.15. The van der Waals surface area contributed by atoms with E-state index < -0.39 is 0 Å². The van der Waals surface area contributed by atoms with Crippen LogP contribution in [0.15, 0.2) is 0 Å². The summed E-state index contributed by atoms with van der Waals surface area (Å²) in [6.45, 7) is 11.9. The third-order valence-corrected chi connectivity index (χ3v) is 3.83. The lowest BCUT2D eigenvalue weighted by Gasteiger charge is -2.14. The van der Waals surface area contributed by atoms with Gasteiger partial charge in [0.15, 0.2) is 0 Å². The summed E-state index contributed by atoms with van der Waals surface area (Å²) in [6, 6.07) is 0.130.